The lowest BCUT2D eigenvalue weighted by atomic mass is 9.86. The Kier molecular flexibility index (Phi) is 7.18. The van der Waals surface area contributed by atoms with E-state index in [-0.39, 0.29) is 41.6 Å². The Morgan fingerprint density at radius 3 is 2.43 bits per heavy atom. The van der Waals surface area contributed by atoms with E-state index >= 15 is 0 Å². The number of unbranched alkanes of at least 4 members (excludes halogenated alkanes) is 1. The minimum atomic E-state index is -1.15. The SMILES string of the molecule is CCCCOc1c2n(cc(C(=O)NCc3c(F)cc(F)cc3F)c1=O)[C@@H]1CCCC[C@@H]1N(C)C2=O. The number of halogens is 3. The third-order valence-electron chi connectivity index (χ3n) is 6.78. The number of fused-ring (bicyclic) bond motifs is 3. The van der Waals surface area contributed by atoms with Gasteiger partial charge >= 0.3 is 0 Å². The van der Waals surface area contributed by atoms with Gasteiger partial charge in [-0.25, -0.2) is 13.2 Å². The minimum Gasteiger partial charge on any atom is -0.487 e. The molecule has 35 heavy (non-hydrogen) atoms. The molecule has 2 aliphatic rings. The summed E-state index contributed by atoms with van der Waals surface area (Å²) >= 11 is 0. The second-order valence-corrected chi connectivity index (χ2v) is 9.02. The third-order valence-corrected chi connectivity index (χ3v) is 6.78. The molecule has 0 saturated heterocycles. The number of nitrogens with zero attached hydrogens (tertiary/aromatic N) is 2. The summed E-state index contributed by atoms with van der Waals surface area (Å²) in [5.74, 6) is -4.77. The topological polar surface area (TPSA) is 80.6 Å². The van der Waals surface area contributed by atoms with E-state index < -0.39 is 40.9 Å². The van der Waals surface area contributed by atoms with E-state index in [1.165, 1.54) is 6.20 Å². The van der Waals surface area contributed by atoms with Gasteiger partial charge in [0.15, 0.2) is 11.4 Å². The van der Waals surface area contributed by atoms with Crippen molar-refractivity contribution in [2.24, 2.45) is 0 Å². The van der Waals surface area contributed by atoms with E-state index in [0.717, 1.165) is 32.1 Å². The molecule has 10 heteroatoms. The quantitative estimate of drug-likeness (QED) is 0.595. The number of carbonyl (C=O) groups is 2. The van der Waals surface area contributed by atoms with Crippen LogP contribution in [-0.2, 0) is 6.54 Å². The van der Waals surface area contributed by atoms with Gasteiger partial charge in [0.25, 0.3) is 11.8 Å². The first-order chi connectivity index (χ1) is 16.7. The summed E-state index contributed by atoms with van der Waals surface area (Å²) in [6.07, 6.45) is 6.27. The van der Waals surface area contributed by atoms with E-state index in [1.807, 2.05) is 6.92 Å². The second kappa shape index (κ2) is 10.1. The van der Waals surface area contributed by atoms with Crippen molar-refractivity contribution in [3.8, 4) is 5.75 Å². The molecule has 0 radical (unpaired) electrons. The molecule has 2 atom stereocenters. The molecule has 0 bridgehead atoms. The predicted molar refractivity (Wildman–Crippen MR) is 122 cm³/mol. The van der Waals surface area contributed by atoms with Crippen LogP contribution in [0.4, 0.5) is 13.2 Å². The average molecular weight is 492 g/mol. The van der Waals surface area contributed by atoms with E-state index in [4.69, 9.17) is 4.74 Å². The van der Waals surface area contributed by atoms with Crippen LogP contribution >= 0.6 is 0 Å². The van der Waals surface area contributed by atoms with Crippen molar-refractivity contribution in [1.82, 2.24) is 14.8 Å². The van der Waals surface area contributed by atoms with Gasteiger partial charge in [0.2, 0.25) is 5.43 Å². The van der Waals surface area contributed by atoms with Crippen molar-refractivity contribution < 1.29 is 27.5 Å². The van der Waals surface area contributed by atoms with E-state index in [2.05, 4.69) is 5.32 Å². The predicted octanol–water partition coefficient (Wildman–Crippen LogP) is 3.94. The van der Waals surface area contributed by atoms with Crippen LogP contribution < -0.4 is 15.5 Å². The number of amides is 2. The number of nitrogens with one attached hydrogen (secondary N) is 1. The average Bonchev–Trinajstić information content (AvgIpc) is 2.82. The molecule has 1 saturated carbocycles. The molecule has 1 aromatic carbocycles. The van der Waals surface area contributed by atoms with E-state index in [9.17, 15) is 27.6 Å². The van der Waals surface area contributed by atoms with Crippen LogP contribution in [0.5, 0.6) is 5.75 Å². The zero-order valence-corrected chi connectivity index (χ0v) is 19.7. The fourth-order valence-corrected chi connectivity index (χ4v) is 4.88. The summed E-state index contributed by atoms with van der Waals surface area (Å²) in [5.41, 5.74) is -1.46. The summed E-state index contributed by atoms with van der Waals surface area (Å²) in [4.78, 5) is 41.2. The zero-order valence-electron chi connectivity index (χ0n) is 19.7. The molecule has 2 amide bonds. The molecule has 1 N–H and O–H groups in total. The number of benzene rings is 1. The first-order valence-electron chi connectivity index (χ1n) is 11.8. The highest BCUT2D eigenvalue weighted by atomic mass is 19.1. The molecule has 188 valence electrons. The number of ether oxygens (including phenoxy) is 1. The lowest BCUT2D eigenvalue weighted by molar-refractivity contribution is 0.0504. The molecule has 0 unspecified atom stereocenters. The summed E-state index contributed by atoms with van der Waals surface area (Å²) < 4.78 is 48.6. The molecule has 0 spiro atoms. The maximum atomic E-state index is 14.0. The first kappa shape index (κ1) is 24.8. The Morgan fingerprint density at radius 1 is 1.11 bits per heavy atom. The molecule has 1 aliphatic carbocycles. The highest BCUT2D eigenvalue weighted by molar-refractivity contribution is 5.99. The Labute approximate surface area is 200 Å². The molecule has 2 aromatic rings. The number of aromatic nitrogens is 1. The normalized spacial score (nSPS) is 19.2. The van der Waals surface area contributed by atoms with Gasteiger partial charge in [-0.1, -0.05) is 26.2 Å². The Bertz CT molecular complexity index is 1190. The van der Waals surface area contributed by atoms with Crippen LogP contribution in [0.2, 0.25) is 0 Å². The van der Waals surface area contributed by atoms with Crippen molar-refractivity contribution in [3.05, 3.63) is 62.8 Å². The fourth-order valence-electron chi connectivity index (χ4n) is 4.88. The van der Waals surface area contributed by atoms with Crippen LogP contribution in [0.25, 0.3) is 0 Å². The van der Waals surface area contributed by atoms with Gasteiger partial charge in [0, 0.05) is 37.5 Å². The molecular formula is C25H28F3N3O4. The molecule has 1 aromatic heterocycles. The van der Waals surface area contributed by atoms with Gasteiger partial charge in [-0.05, 0) is 19.3 Å². The second-order valence-electron chi connectivity index (χ2n) is 9.02. The van der Waals surface area contributed by atoms with E-state index in [0.29, 0.717) is 18.6 Å². The summed E-state index contributed by atoms with van der Waals surface area (Å²) in [7, 11) is 1.71. The van der Waals surface area contributed by atoms with Crippen molar-refractivity contribution in [2.75, 3.05) is 13.7 Å². The van der Waals surface area contributed by atoms with Crippen LogP contribution in [0.15, 0.2) is 23.1 Å². The Hall–Kier alpha value is -3.30. The van der Waals surface area contributed by atoms with Crippen molar-refractivity contribution in [3.63, 3.8) is 0 Å². The summed E-state index contributed by atoms with van der Waals surface area (Å²) in [6, 6.07) is 0.828. The highest BCUT2D eigenvalue weighted by Crippen LogP contribution is 2.38. The van der Waals surface area contributed by atoms with Gasteiger partial charge < -0.3 is 19.5 Å². The Morgan fingerprint density at radius 2 is 1.77 bits per heavy atom. The number of rotatable bonds is 7. The van der Waals surface area contributed by atoms with Crippen molar-refractivity contribution in [2.45, 2.75) is 64.1 Å². The Balaban J connectivity index is 1.73. The van der Waals surface area contributed by atoms with Crippen LogP contribution in [0, 0.1) is 17.5 Å². The molecule has 1 fully saturated rings. The van der Waals surface area contributed by atoms with Gasteiger partial charge in [0.1, 0.15) is 23.0 Å². The molecule has 2 heterocycles. The van der Waals surface area contributed by atoms with Crippen molar-refractivity contribution >= 4 is 11.8 Å². The summed E-state index contributed by atoms with van der Waals surface area (Å²) in [6.45, 7) is 1.56. The monoisotopic (exact) mass is 491 g/mol. The first-order valence-corrected chi connectivity index (χ1v) is 11.8. The zero-order chi connectivity index (χ0) is 25.3. The van der Waals surface area contributed by atoms with Gasteiger partial charge in [-0.15, -0.1) is 0 Å². The standard InChI is InChI=1S/C25H28F3N3O4/c1-3-4-9-35-23-21-25(34)30(2)19-7-5-6-8-20(19)31(21)13-16(22(23)32)24(33)29-12-15-17(27)10-14(26)11-18(15)28/h10-11,13,19-20H,3-9,12H2,1-2H3,(H,29,33)/t19-,20+/m0/s1. The number of hydrogen-bond donors (Lipinski definition) is 1. The molecule has 1 aliphatic heterocycles. The number of carbonyl (C=O) groups excluding carboxylic acids is 2. The lowest BCUT2D eigenvalue weighted by Crippen LogP contribution is -2.51. The van der Waals surface area contributed by atoms with Gasteiger partial charge in [-0.2, -0.15) is 0 Å². The van der Waals surface area contributed by atoms with Crippen LogP contribution in [0.1, 0.15) is 77.9 Å². The molecule has 4 rings (SSSR count). The largest absolute Gasteiger partial charge is 0.487 e. The maximum absolute atomic E-state index is 14.0. The lowest BCUT2D eigenvalue weighted by Gasteiger charge is -2.44. The van der Waals surface area contributed by atoms with Crippen LogP contribution in [-0.4, -0.2) is 41.0 Å². The van der Waals surface area contributed by atoms with Crippen LogP contribution in [0.3, 0.4) is 0 Å². The summed E-state index contributed by atoms with van der Waals surface area (Å²) in [5, 5.41) is 2.34. The smallest absolute Gasteiger partial charge is 0.274 e. The maximum Gasteiger partial charge on any atom is 0.274 e. The fraction of sp³-hybridized carbons (Fsp3) is 0.480. The third kappa shape index (κ3) is 4.66. The molecule has 7 nitrogen and oxygen atoms in total. The highest BCUT2D eigenvalue weighted by Gasteiger charge is 2.41. The van der Waals surface area contributed by atoms with Crippen molar-refractivity contribution in [1.29, 1.82) is 0 Å². The number of hydrogen-bond acceptors (Lipinski definition) is 4. The van der Waals surface area contributed by atoms with E-state index in [1.54, 1.807) is 16.5 Å². The minimum absolute atomic E-state index is 0.0759. The number of pyridine rings is 1. The van der Waals surface area contributed by atoms with Gasteiger partial charge in [-0.3, -0.25) is 14.4 Å². The van der Waals surface area contributed by atoms with Gasteiger partial charge in [0.05, 0.1) is 18.7 Å². The number of likely N-dealkylation sites (N-methyl/N-ethyl adjacent to an activating group) is 1. The molecular weight excluding hydrogens is 463 g/mol.